The van der Waals surface area contributed by atoms with Crippen LogP contribution in [0.2, 0.25) is 0 Å². The van der Waals surface area contributed by atoms with E-state index in [1.165, 1.54) is 10.5 Å². The van der Waals surface area contributed by atoms with Gasteiger partial charge in [-0.2, -0.15) is 0 Å². The van der Waals surface area contributed by atoms with Gasteiger partial charge in [-0.1, -0.05) is 36.9 Å². The number of aryl methyl sites for hydroxylation is 2. The highest BCUT2D eigenvalue weighted by molar-refractivity contribution is 7.99. The highest BCUT2D eigenvalue weighted by atomic mass is 32.2. The van der Waals surface area contributed by atoms with Crippen molar-refractivity contribution in [3.63, 3.8) is 0 Å². The molecule has 2 N–H and O–H groups in total. The third-order valence-electron chi connectivity index (χ3n) is 2.39. The molecule has 0 saturated carbocycles. The molecule has 0 aliphatic carbocycles. The van der Waals surface area contributed by atoms with E-state index >= 15 is 0 Å². The van der Waals surface area contributed by atoms with E-state index in [0.717, 1.165) is 17.3 Å². The van der Waals surface area contributed by atoms with Crippen LogP contribution in [0.25, 0.3) is 0 Å². The van der Waals surface area contributed by atoms with Crippen molar-refractivity contribution < 1.29 is 0 Å². The molecule has 0 radical (unpaired) electrons. The Labute approximate surface area is 105 Å². The molecule has 0 aliphatic rings. The molecule has 0 amide bonds. The van der Waals surface area contributed by atoms with Crippen molar-refractivity contribution in [2.24, 2.45) is 0 Å². The molecule has 0 spiro atoms. The van der Waals surface area contributed by atoms with Crippen molar-refractivity contribution in [3.8, 4) is 0 Å². The lowest BCUT2D eigenvalue weighted by Crippen LogP contribution is -1.99. The molecule has 1 aromatic carbocycles. The summed E-state index contributed by atoms with van der Waals surface area (Å²) in [5.41, 5.74) is 7.01. The van der Waals surface area contributed by atoms with E-state index in [-0.39, 0.29) is 0 Å². The topological polar surface area (TPSA) is 51.8 Å². The summed E-state index contributed by atoms with van der Waals surface area (Å²) in [6, 6.07) is 10.1. The molecule has 1 heterocycles. The lowest BCUT2D eigenvalue weighted by Gasteiger charge is -2.06. The second kappa shape index (κ2) is 5.19. The van der Waals surface area contributed by atoms with Crippen molar-refractivity contribution in [2.45, 2.75) is 30.2 Å². The first kappa shape index (κ1) is 11.9. The van der Waals surface area contributed by atoms with Crippen LogP contribution >= 0.6 is 11.8 Å². The Hall–Kier alpha value is -1.55. The molecule has 3 nitrogen and oxygen atoms in total. The van der Waals surface area contributed by atoms with Crippen LogP contribution in [-0.4, -0.2) is 9.97 Å². The van der Waals surface area contributed by atoms with E-state index in [0.29, 0.717) is 5.82 Å². The number of hydrogen-bond donors (Lipinski definition) is 1. The Bertz CT molecular complexity index is 526. The normalized spacial score (nSPS) is 10.5. The Balaban J connectivity index is 2.30. The summed E-state index contributed by atoms with van der Waals surface area (Å²) in [6.07, 6.45) is 0.798. The molecule has 88 valence electrons. The third kappa shape index (κ3) is 2.97. The highest BCUT2D eigenvalue weighted by Gasteiger charge is 2.05. The predicted octanol–water partition coefficient (Wildman–Crippen LogP) is 3.08. The second-order valence-electron chi connectivity index (χ2n) is 3.77. The molecule has 2 rings (SSSR count). The number of aromatic nitrogens is 2. The largest absolute Gasteiger partial charge is 0.384 e. The van der Waals surface area contributed by atoms with E-state index in [1.54, 1.807) is 11.8 Å². The van der Waals surface area contributed by atoms with E-state index < -0.39 is 0 Å². The van der Waals surface area contributed by atoms with Gasteiger partial charge in [0.2, 0.25) is 0 Å². The monoisotopic (exact) mass is 245 g/mol. The highest BCUT2D eigenvalue weighted by Crippen LogP contribution is 2.29. The van der Waals surface area contributed by atoms with Gasteiger partial charge in [-0.15, -0.1) is 0 Å². The van der Waals surface area contributed by atoms with Gasteiger partial charge in [0.05, 0.1) is 0 Å². The minimum atomic E-state index is 0.535. The van der Waals surface area contributed by atoms with Crippen LogP contribution in [0, 0.1) is 6.92 Å². The number of anilines is 1. The molecule has 2 aromatic rings. The minimum Gasteiger partial charge on any atom is -0.384 e. The summed E-state index contributed by atoms with van der Waals surface area (Å²) < 4.78 is 0. The summed E-state index contributed by atoms with van der Waals surface area (Å²) in [5, 5.41) is 0.906. The molecule has 17 heavy (non-hydrogen) atoms. The van der Waals surface area contributed by atoms with Gasteiger partial charge < -0.3 is 5.73 Å². The van der Waals surface area contributed by atoms with Gasteiger partial charge in [0.1, 0.15) is 16.7 Å². The quantitative estimate of drug-likeness (QED) is 0.844. The molecule has 0 fully saturated rings. The average molecular weight is 245 g/mol. The first-order chi connectivity index (χ1) is 8.19. The van der Waals surface area contributed by atoms with Crippen LogP contribution < -0.4 is 5.73 Å². The lowest BCUT2D eigenvalue weighted by atomic mass is 10.2. The van der Waals surface area contributed by atoms with Crippen LogP contribution in [0.4, 0.5) is 5.82 Å². The minimum absolute atomic E-state index is 0.535. The summed E-state index contributed by atoms with van der Waals surface area (Å²) in [6.45, 7) is 4.12. The van der Waals surface area contributed by atoms with Crippen molar-refractivity contribution in [3.05, 3.63) is 41.7 Å². The molecule has 0 bridgehead atoms. The number of nitrogens with zero attached hydrogens (tertiary/aromatic N) is 2. The number of hydrogen-bond acceptors (Lipinski definition) is 4. The fourth-order valence-corrected chi connectivity index (χ4v) is 2.42. The standard InChI is InChI=1S/C13H15N3S/c1-3-12-15-11(14)8-13(16-12)17-10-7-5-4-6-9(10)2/h4-8H,3H2,1-2H3,(H2,14,15,16). The van der Waals surface area contributed by atoms with E-state index in [9.17, 15) is 0 Å². The fourth-order valence-electron chi connectivity index (χ4n) is 1.49. The zero-order valence-electron chi connectivity index (χ0n) is 9.97. The lowest BCUT2D eigenvalue weighted by molar-refractivity contribution is 0.894. The summed E-state index contributed by atoms with van der Waals surface area (Å²) in [5.74, 6) is 1.33. The Morgan fingerprint density at radius 1 is 1.24 bits per heavy atom. The van der Waals surface area contributed by atoms with Crippen molar-refractivity contribution in [2.75, 3.05) is 5.73 Å². The van der Waals surface area contributed by atoms with E-state index in [1.807, 2.05) is 25.1 Å². The van der Waals surface area contributed by atoms with E-state index in [4.69, 9.17) is 5.73 Å². The van der Waals surface area contributed by atoms with Crippen molar-refractivity contribution >= 4 is 17.6 Å². The SMILES string of the molecule is CCc1nc(N)cc(Sc2ccccc2C)n1. The number of nitrogens with two attached hydrogens (primary N) is 1. The van der Waals surface area contributed by atoms with Crippen LogP contribution in [0.5, 0.6) is 0 Å². The fraction of sp³-hybridized carbons (Fsp3) is 0.231. The molecule has 0 saturated heterocycles. The van der Waals surface area contributed by atoms with E-state index in [2.05, 4.69) is 29.0 Å². The van der Waals surface area contributed by atoms with Gasteiger partial charge in [0.25, 0.3) is 0 Å². The molecule has 0 atom stereocenters. The summed E-state index contributed by atoms with van der Waals surface area (Å²) in [7, 11) is 0. The predicted molar refractivity (Wildman–Crippen MR) is 71.1 cm³/mol. The molecule has 0 aliphatic heterocycles. The molecule has 4 heteroatoms. The number of rotatable bonds is 3. The maximum Gasteiger partial charge on any atom is 0.131 e. The molecule has 1 aromatic heterocycles. The number of benzene rings is 1. The molecular weight excluding hydrogens is 230 g/mol. The first-order valence-electron chi connectivity index (χ1n) is 5.56. The van der Waals surface area contributed by atoms with Gasteiger partial charge >= 0.3 is 0 Å². The van der Waals surface area contributed by atoms with Gasteiger partial charge in [0.15, 0.2) is 0 Å². The summed E-state index contributed by atoms with van der Waals surface area (Å²) >= 11 is 1.63. The van der Waals surface area contributed by atoms with Gasteiger partial charge in [-0.25, -0.2) is 9.97 Å². The Kier molecular flexibility index (Phi) is 3.64. The van der Waals surface area contributed by atoms with Crippen molar-refractivity contribution in [1.82, 2.24) is 9.97 Å². The van der Waals surface area contributed by atoms with Crippen LogP contribution in [-0.2, 0) is 6.42 Å². The zero-order valence-corrected chi connectivity index (χ0v) is 10.8. The van der Waals surface area contributed by atoms with Crippen LogP contribution in [0.1, 0.15) is 18.3 Å². The van der Waals surface area contributed by atoms with Gasteiger partial charge in [-0.3, -0.25) is 0 Å². The van der Waals surface area contributed by atoms with Crippen molar-refractivity contribution in [1.29, 1.82) is 0 Å². The van der Waals surface area contributed by atoms with Gasteiger partial charge in [-0.05, 0) is 18.6 Å². The first-order valence-corrected chi connectivity index (χ1v) is 6.37. The van der Waals surface area contributed by atoms with Crippen LogP contribution in [0.15, 0.2) is 40.3 Å². The Morgan fingerprint density at radius 2 is 2.00 bits per heavy atom. The third-order valence-corrected chi connectivity index (χ3v) is 3.49. The molecular formula is C13H15N3S. The maximum atomic E-state index is 5.76. The van der Waals surface area contributed by atoms with Crippen LogP contribution in [0.3, 0.4) is 0 Å². The maximum absolute atomic E-state index is 5.76. The smallest absolute Gasteiger partial charge is 0.131 e. The zero-order chi connectivity index (χ0) is 12.3. The number of nitrogen functional groups attached to an aromatic ring is 1. The van der Waals surface area contributed by atoms with Gasteiger partial charge in [0, 0.05) is 17.4 Å². The second-order valence-corrected chi connectivity index (χ2v) is 4.83. The Morgan fingerprint density at radius 3 is 2.71 bits per heavy atom. The summed E-state index contributed by atoms with van der Waals surface area (Å²) in [4.78, 5) is 9.83. The average Bonchev–Trinajstić information content (AvgIpc) is 2.31. The molecule has 0 unspecified atom stereocenters.